The van der Waals surface area contributed by atoms with Gasteiger partial charge in [0, 0.05) is 35.8 Å². The molecular formula is C24H25N3O6. The van der Waals surface area contributed by atoms with Crippen LogP contribution in [0.15, 0.2) is 42.6 Å². The second-order valence-corrected chi connectivity index (χ2v) is 9.15. The Bertz CT molecular complexity index is 1250. The summed E-state index contributed by atoms with van der Waals surface area (Å²) in [6.07, 6.45) is 2.72. The first-order valence-electron chi connectivity index (χ1n) is 10.7. The summed E-state index contributed by atoms with van der Waals surface area (Å²) in [6.45, 7) is 5.39. The molecule has 1 aromatic heterocycles. The lowest BCUT2D eigenvalue weighted by Crippen LogP contribution is -2.26. The van der Waals surface area contributed by atoms with E-state index in [-0.39, 0.29) is 5.69 Å². The van der Waals surface area contributed by atoms with Crippen LogP contribution in [0.2, 0.25) is 0 Å². The lowest BCUT2D eigenvalue weighted by Gasteiger charge is -2.19. The van der Waals surface area contributed by atoms with E-state index >= 15 is 0 Å². The molecule has 1 aliphatic rings. The van der Waals surface area contributed by atoms with Crippen molar-refractivity contribution in [3.8, 4) is 0 Å². The van der Waals surface area contributed by atoms with Crippen LogP contribution < -0.4 is 5.32 Å². The number of aryl methyl sites for hydroxylation is 2. The summed E-state index contributed by atoms with van der Waals surface area (Å²) < 4.78 is 7.05. The molecule has 9 nitrogen and oxygen atoms in total. The maximum absolute atomic E-state index is 12.9. The third-order valence-electron chi connectivity index (χ3n) is 5.61. The number of rotatable bonds is 5. The zero-order valence-electron chi connectivity index (χ0n) is 18.6. The molecule has 33 heavy (non-hydrogen) atoms. The Morgan fingerprint density at radius 3 is 2.48 bits per heavy atom. The maximum Gasteiger partial charge on any atom is 0.419 e. The number of nitro groups is 1. The number of aromatic nitrogens is 1. The highest BCUT2D eigenvalue weighted by Gasteiger charge is 2.30. The van der Waals surface area contributed by atoms with E-state index in [2.05, 4.69) is 5.32 Å². The normalized spacial score (nSPS) is 15.2. The molecule has 172 valence electrons. The average Bonchev–Trinajstić information content (AvgIpc) is 3.33. The second-order valence-electron chi connectivity index (χ2n) is 9.15. The van der Waals surface area contributed by atoms with Crippen molar-refractivity contribution in [2.75, 3.05) is 5.32 Å². The Morgan fingerprint density at radius 2 is 1.88 bits per heavy atom. The van der Waals surface area contributed by atoms with Gasteiger partial charge in [-0.15, -0.1) is 0 Å². The molecule has 0 saturated heterocycles. The first kappa shape index (κ1) is 22.3. The number of fused-ring (bicyclic) bond motifs is 3. The number of hydrogen-bond donors (Lipinski definition) is 2. The Hall–Kier alpha value is -3.88. The fourth-order valence-corrected chi connectivity index (χ4v) is 4.14. The summed E-state index contributed by atoms with van der Waals surface area (Å²) in [5, 5.41) is 24.2. The molecule has 2 heterocycles. The Labute approximate surface area is 190 Å². The maximum atomic E-state index is 12.9. The molecule has 0 amide bonds. The number of hydrogen-bond acceptors (Lipinski definition) is 6. The lowest BCUT2D eigenvalue weighted by atomic mass is 9.98. The van der Waals surface area contributed by atoms with Gasteiger partial charge in [-0.05, 0) is 62.4 Å². The smallest absolute Gasteiger partial charge is 0.419 e. The molecule has 0 aliphatic carbocycles. The molecule has 3 aromatic rings. The van der Waals surface area contributed by atoms with Gasteiger partial charge >= 0.3 is 12.1 Å². The van der Waals surface area contributed by atoms with Crippen LogP contribution in [-0.4, -0.2) is 38.3 Å². The first-order valence-corrected chi connectivity index (χ1v) is 10.7. The van der Waals surface area contributed by atoms with Crippen LogP contribution in [-0.2, 0) is 28.8 Å². The lowest BCUT2D eigenvalue weighted by molar-refractivity contribution is -0.384. The van der Waals surface area contributed by atoms with Gasteiger partial charge in [0.15, 0.2) is 0 Å². The van der Waals surface area contributed by atoms with Gasteiger partial charge in [-0.2, -0.15) is 0 Å². The zero-order chi connectivity index (χ0) is 23.9. The quantitative estimate of drug-likeness (QED) is 0.431. The summed E-state index contributed by atoms with van der Waals surface area (Å²) in [5.41, 5.74) is 3.44. The molecule has 0 saturated carbocycles. The number of anilines is 1. The van der Waals surface area contributed by atoms with Crippen molar-refractivity contribution in [3.63, 3.8) is 0 Å². The first-order chi connectivity index (χ1) is 15.5. The van der Waals surface area contributed by atoms with Gasteiger partial charge in [0.05, 0.1) is 10.4 Å². The minimum Gasteiger partial charge on any atom is -0.480 e. The standard InChI is InChI=1S/C24H25N3O6/c1-24(2,3)33-23(30)26-13-15(7-4-14-5-8-16(9-6-14)27(31)32)21-17-12-19(22(28)29)25-18(17)10-11-20(21)26/h5-6,8-11,13,19,25H,4,7,12H2,1-3H3,(H,28,29). The van der Waals surface area contributed by atoms with Gasteiger partial charge < -0.3 is 15.2 Å². The number of carbonyl (C=O) groups is 2. The fourth-order valence-electron chi connectivity index (χ4n) is 4.14. The van der Waals surface area contributed by atoms with E-state index < -0.39 is 28.6 Å². The Morgan fingerprint density at radius 1 is 1.18 bits per heavy atom. The summed E-state index contributed by atoms with van der Waals surface area (Å²) in [7, 11) is 0. The fraction of sp³-hybridized carbons (Fsp3) is 0.333. The van der Waals surface area contributed by atoms with Crippen LogP contribution in [0.4, 0.5) is 16.2 Å². The molecule has 9 heteroatoms. The topological polar surface area (TPSA) is 124 Å². The van der Waals surface area contributed by atoms with Crippen molar-refractivity contribution in [2.24, 2.45) is 0 Å². The minimum atomic E-state index is -0.932. The second kappa shape index (κ2) is 8.23. The highest BCUT2D eigenvalue weighted by atomic mass is 16.6. The summed E-state index contributed by atoms with van der Waals surface area (Å²) >= 11 is 0. The molecular weight excluding hydrogens is 426 g/mol. The van der Waals surface area contributed by atoms with E-state index in [1.54, 1.807) is 51.2 Å². The van der Waals surface area contributed by atoms with Crippen LogP contribution >= 0.6 is 0 Å². The summed E-state index contributed by atoms with van der Waals surface area (Å²) in [6, 6.07) is 9.25. The number of ether oxygens (including phenoxy) is 1. The SMILES string of the molecule is CC(C)(C)OC(=O)n1cc(CCc2ccc([N+](=O)[O-])cc2)c2c3c(ccc21)NC(C(=O)O)C3. The van der Waals surface area contributed by atoms with Gasteiger partial charge in [-0.1, -0.05) is 12.1 Å². The molecule has 0 radical (unpaired) electrons. The van der Waals surface area contributed by atoms with Crippen LogP contribution in [0.5, 0.6) is 0 Å². The van der Waals surface area contributed by atoms with E-state index in [0.29, 0.717) is 24.8 Å². The average molecular weight is 451 g/mol. The molecule has 4 rings (SSSR count). The van der Waals surface area contributed by atoms with Crippen LogP contribution in [0.1, 0.15) is 37.5 Å². The van der Waals surface area contributed by atoms with Crippen molar-refractivity contribution in [2.45, 2.75) is 51.7 Å². The van der Waals surface area contributed by atoms with Gasteiger partial charge in [-0.3, -0.25) is 14.7 Å². The molecule has 2 N–H and O–H groups in total. The van der Waals surface area contributed by atoms with Crippen molar-refractivity contribution in [1.29, 1.82) is 0 Å². The Balaban J connectivity index is 1.72. The number of nitrogens with one attached hydrogen (secondary N) is 1. The highest BCUT2D eigenvalue weighted by Crippen LogP contribution is 2.37. The zero-order valence-corrected chi connectivity index (χ0v) is 18.6. The largest absolute Gasteiger partial charge is 0.480 e. The number of carboxylic acids is 1. The van der Waals surface area contributed by atoms with E-state index in [0.717, 1.165) is 27.8 Å². The molecule has 0 fully saturated rings. The van der Waals surface area contributed by atoms with E-state index in [1.165, 1.54) is 16.7 Å². The predicted molar refractivity (Wildman–Crippen MR) is 123 cm³/mol. The number of benzene rings is 2. The van der Waals surface area contributed by atoms with Crippen LogP contribution in [0.3, 0.4) is 0 Å². The number of carbonyl (C=O) groups excluding carboxylic acids is 1. The van der Waals surface area contributed by atoms with Gasteiger partial charge in [-0.25, -0.2) is 9.59 Å². The van der Waals surface area contributed by atoms with E-state index in [1.807, 2.05) is 0 Å². The molecule has 2 aromatic carbocycles. The molecule has 1 aliphatic heterocycles. The monoisotopic (exact) mass is 451 g/mol. The van der Waals surface area contributed by atoms with Crippen molar-refractivity contribution >= 4 is 34.3 Å². The minimum absolute atomic E-state index is 0.0314. The number of nitro benzene ring substituents is 1. The van der Waals surface area contributed by atoms with Crippen molar-refractivity contribution in [3.05, 3.63) is 69.4 Å². The van der Waals surface area contributed by atoms with E-state index in [9.17, 15) is 24.8 Å². The van der Waals surface area contributed by atoms with Gasteiger partial charge in [0.1, 0.15) is 11.6 Å². The third-order valence-corrected chi connectivity index (χ3v) is 5.61. The number of nitrogens with zero attached hydrogens (tertiary/aromatic N) is 2. The van der Waals surface area contributed by atoms with Crippen molar-refractivity contribution < 1.29 is 24.4 Å². The van der Waals surface area contributed by atoms with Gasteiger partial charge in [0.25, 0.3) is 5.69 Å². The van der Waals surface area contributed by atoms with E-state index in [4.69, 9.17) is 4.74 Å². The summed E-state index contributed by atoms with van der Waals surface area (Å²) in [4.78, 5) is 34.9. The van der Waals surface area contributed by atoms with Crippen LogP contribution in [0, 0.1) is 10.1 Å². The third kappa shape index (κ3) is 4.52. The predicted octanol–water partition coefficient (Wildman–Crippen LogP) is 4.54. The summed E-state index contributed by atoms with van der Waals surface area (Å²) in [5.74, 6) is -0.932. The number of carboxylic acid groups (broad SMARTS) is 1. The highest BCUT2D eigenvalue weighted by molar-refractivity contribution is 5.99. The molecule has 0 bridgehead atoms. The molecule has 1 atom stereocenters. The van der Waals surface area contributed by atoms with Gasteiger partial charge in [0.2, 0.25) is 0 Å². The molecule has 1 unspecified atom stereocenters. The number of non-ortho nitro benzene ring substituents is 1. The van der Waals surface area contributed by atoms with Crippen LogP contribution in [0.25, 0.3) is 10.9 Å². The Kier molecular flexibility index (Phi) is 5.57. The molecule has 0 spiro atoms. The number of aliphatic carboxylic acids is 1. The van der Waals surface area contributed by atoms with Crippen molar-refractivity contribution in [1.82, 2.24) is 4.57 Å².